The zero-order chi connectivity index (χ0) is 17.5. The lowest BCUT2D eigenvalue weighted by Crippen LogP contribution is -2.39. The van der Waals surface area contributed by atoms with Gasteiger partial charge in [-0.05, 0) is 30.3 Å². The number of ether oxygens (including phenoxy) is 1. The third-order valence-corrected chi connectivity index (χ3v) is 3.52. The van der Waals surface area contributed by atoms with Crippen LogP contribution < -0.4 is 15.4 Å². The summed E-state index contributed by atoms with van der Waals surface area (Å²) in [5, 5.41) is 14.9. The van der Waals surface area contributed by atoms with Crippen LogP contribution in [0.5, 0.6) is 5.75 Å². The minimum atomic E-state index is -1.12. The second kappa shape index (κ2) is 8.37. The third kappa shape index (κ3) is 5.00. The van der Waals surface area contributed by atoms with E-state index in [1.807, 2.05) is 0 Å². The molecule has 0 aliphatic heterocycles. The van der Waals surface area contributed by atoms with E-state index < -0.39 is 17.9 Å². The maximum Gasteiger partial charge on any atom is 0.321 e. The zero-order valence-electron chi connectivity index (χ0n) is 12.9. The molecule has 1 aromatic carbocycles. The highest BCUT2D eigenvalue weighted by Gasteiger charge is 2.21. The average molecular weight is 353 g/mol. The monoisotopic (exact) mass is 352 g/mol. The Morgan fingerprint density at radius 1 is 1.38 bits per heavy atom. The molecule has 0 radical (unpaired) electrons. The summed E-state index contributed by atoms with van der Waals surface area (Å²) in [5.74, 6) is -0.498. The van der Waals surface area contributed by atoms with Crippen LogP contribution in [0.2, 0.25) is 5.02 Å². The van der Waals surface area contributed by atoms with Crippen molar-refractivity contribution in [3.63, 3.8) is 0 Å². The number of carbonyl (C=O) groups is 2. The number of benzene rings is 1. The van der Waals surface area contributed by atoms with Crippen LogP contribution in [0.4, 0.5) is 5.69 Å². The molecule has 0 spiro atoms. The summed E-state index contributed by atoms with van der Waals surface area (Å²) in [7, 11) is 1.49. The quantitative estimate of drug-likeness (QED) is 0.675. The molecule has 8 heteroatoms. The fourth-order valence-electron chi connectivity index (χ4n) is 2.03. The van der Waals surface area contributed by atoms with E-state index in [9.17, 15) is 14.7 Å². The van der Waals surface area contributed by atoms with Gasteiger partial charge in [0, 0.05) is 5.69 Å². The number of amides is 1. The molecule has 0 saturated heterocycles. The fraction of sp³-hybridized carbons (Fsp3) is 0.250. The first kappa shape index (κ1) is 17.8. The molecule has 128 valence electrons. The first-order valence-corrected chi connectivity index (χ1v) is 7.49. The molecule has 0 aliphatic rings. The Labute approximate surface area is 143 Å². The Morgan fingerprint density at radius 3 is 2.75 bits per heavy atom. The molecule has 1 heterocycles. The van der Waals surface area contributed by atoms with Crippen LogP contribution in [-0.4, -0.2) is 30.1 Å². The van der Waals surface area contributed by atoms with Crippen molar-refractivity contribution in [2.75, 3.05) is 12.4 Å². The summed E-state index contributed by atoms with van der Waals surface area (Å²) in [6.07, 6.45) is 1.26. The number of furan rings is 1. The third-order valence-electron chi connectivity index (χ3n) is 3.23. The second-order valence-corrected chi connectivity index (χ2v) is 5.36. The van der Waals surface area contributed by atoms with Crippen molar-refractivity contribution in [2.45, 2.75) is 19.0 Å². The van der Waals surface area contributed by atoms with E-state index in [0.29, 0.717) is 22.2 Å². The van der Waals surface area contributed by atoms with Gasteiger partial charge in [0.2, 0.25) is 5.91 Å². The van der Waals surface area contributed by atoms with Gasteiger partial charge >= 0.3 is 5.97 Å². The Bertz CT molecular complexity index is 702. The molecule has 0 saturated carbocycles. The Kier molecular flexibility index (Phi) is 6.22. The molecular weight excluding hydrogens is 336 g/mol. The minimum absolute atomic E-state index is 0.214. The van der Waals surface area contributed by atoms with Crippen LogP contribution >= 0.6 is 11.6 Å². The molecular formula is C16H17ClN2O5. The van der Waals surface area contributed by atoms with Crippen molar-refractivity contribution in [1.82, 2.24) is 5.32 Å². The topological polar surface area (TPSA) is 101 Å². The van der Waals surface area contributed by atoms with E-state index in [1.54, 1.807) is 24.3 Å². The van der Waals surface area contributed by atoms with Gasteiger partial charge in [-0.2, -0.15) is 0 Å². The molecule has 3 N–H and O–H groups in total. The lowest BCUT2D eigenvalue weighted by molar-refractivity contribution is -0.141. The number of rotatable bonds is 8. The van der Waals surface area contributed by atoms with E-state index in [-0.39, 0.29) is 13.0 Å². The number of carboxylic acids is 1. The molecule has 2 aromatic rings. The standard InChI is InChI=1S/C16H17ClN2O5/c1-23-14-5-4-10(7-12(14)17)19-15(20)8-13(16(21)22)18-9-11-3-2-6-24-11/h2-7,13,18H,8-9H2,1H3,(H,19,20)(H,21,22)/t13-/m0/s1. The fourth-order valence-corrected chi connectivity index (χ4v) is 2.28. The van der Waals surface area contributed by atoms with Crippen molar-refractivity contribution in [1.29, 1.82) is 0 Å². The molecule has 0 unspecified atom stereocenters. The van der Waals surface area contributed by atoms with Gasteiger partial charge in [0.05, 0.1) is 31.4 Å². The first-order chi connectivity index (χ1) is 11.5. The Morgan fingerprint density at radius 2 is 2.17 bits per heavy atom. The SMILES string of the molecule is COc1ccc(NC(=O)C[C@H](NCc2ccco2)C(=O)O)cc1Cl. The van der Waals surface area contributed by atoms with Gasteiger partial charge in [-0.1, -0.05) is 11.6 Å². The normalized spacial score (nSPS) is 11.8. The number of halogens is 1. The van der Waals surface area contributed by atoms with E-state index in [0.717, 1.165) is 0 Å². The van der Waals surface area contributed by atoms with Crippen molar-refractivity contribution < 1.29 is 23.8 Å². The summed E-state index contributed by atoms with van der Waals surface area (Å²) in [6, 6.07) is 7.14. The summed E-state index contributed by atoms with van der Waals surface area (Å²) in [5.41, 5.74) is 0.459. The van der Waals surface area contributed by atoms with Crippen molar-refractivity contribution in [2.24, 2.45) is 0 Å². The van der Waals surface area contributed by atoms with Gasteiger partial charge < -0.3 is 19.6 Å². The molecule has 0 bridgehead atoms. The number of methoxy groups -OCH3 is 1. The number of nitrogens with one attached hydrogen (secondary N) is 2. The first-order valence-electron chi connectivity index (χ1n) is 7.11. The summed E-state index contributed by atoms with van der Waals surface area (Å²) in [4.78, 5) is 23.3. The van der Waals surface area contributed by atoms with E-state index in [1.165, 1.54) is 19.4 Å². The van der Waals surface area contributed by atoms with Gasteiger partial charge in [-0.3, -0.25) is 14.9 Å². The number of aliphatic carboxylic acids is 1. The molecule has 1 amide bonds. The van der Waals surface area contributed by atoms with Gasteiger partial charge in [0.15, 0.2) is 0 Å². The predicted octanol–water partition coefficient (Wildman–Crippen LogP) is 2.51. The van der Waals surface area contributed by atoms with Crippen LogP contribution in [0, 0.1) is 0 Å². The van der Waals surface area contributed by atoms with E-state index >= 15 is 0 Å². The Balaban J connectivity index is 1.92. The van der Waals surface area contributed by atoms with Gasteiger partial charge in [0.25, 0.3) is 0 Å². The smallest absolute Gasteiger partial charge is 0.321 e. The Hall–Kier alpha value is -2.51. The maximum atomic E-state index is 12.0. The molecule has 0 aliphatic carbocycles. The van der Waals surface area contributed by atoms with Crippen LogP contribution in [0.1, 0.15) is 12.2 Å². The van der Waals surface area contributed by atoms with Crippen LogP contribution in [0.25, 0.3) is 0 Å². The summed E-state index contributed by atoms with van der Waals surface area (Å²) >= 11 is 5.98. The lowest BCUT2D eigenvalue weighted by atomic mass is 10.2. The molecule has 7 nitrogen and oxygen atoms in total. The van der Waals surface area contributed by atoms with Gasteiger partial charge in [-0.15, -0.1) is 0 Å². The highest BCUT2D eigenvalue weighted by Crippen LogP contribution is 2.27. The number of carbonyl (C=O) groups excluding carboxylic acids is 1. The van der Waals surface area contributed by atoms with Crippen molar-refractivity contribution >= 4 is 29.2 Å². The number of hydrogen-bond acceptors (Lipinski definition) is 5. The predicted molar refractivity (Wildman–Crippen MR) is 88.2 cm³/mol. The second-order valence-electron chi connectivity index (χ2n) is 4.95. The van der Waals surface area contributed by atoms with Gasteiger partial charge in [0.1, 0.15) is 17.6 Å². The number of hydrogen-bond donors (Lipinski definition) is 3. The molecule has 0 fully saturated rings. The number of carboxylic acid groups (broad SMARTS) is 1. The molecule has 1 aromatic heterocycles. The highest BCUT2D eigenvalue weighted by molar-refractivity contribution is 6.32. The van der Waals surface area contributed by atoms with Gasteiger partial charge in [-0.25, -0.2) is 0 Å². The average Bonchev–Trinajstić information content (AvgIpc) is 3.04. The molecule has 2 rings (SSSR count). The maximum absolute atomic E-state index is 12.0. The number of anilines is 1. The lowest BCUT2D eigenvalue weighted by Gasteiger charge is -2.14. The highest BCUT2D eigenvalue weighted by atomic mass is 35.5. The van der Waals surface area contributed by atoms with Crippen LogP contribution in [0.3, 0.4) is 0 Å². The summed E-state index contributed by atoms with van der Waals surface area (Å²) < 4.78 is 10.1. The van der Waals surface area contributed by atoms with Crippen molar-refractivity contribution in [3.05, 3.63) is 47.4 Å². The summed E-state index contributed by atoms with van der Waals surface area (Å²) in [6.45, 7) is 0.214. The van der Waals surface area contributed by atoms with Crippen LogP contribution in [0.15, 0.2) is 41.0 Å². The van der Waals surface area contributed by atoms with Crippen LogP contribution in [-0.2, 0) is 16.1 Å². The largest absolute Gasteiger partial charge is 0.495 e. The molecule has 1 atom stereocenters. The van der Waals surface area contributed by atoms with Crippen molar-refractivity contribution in [3.8, 4) is 5.75 Å². The minimum Gasteiger partial charge on any atom is -0.495 e. The zero-order valence-corrected chi connectivity index (χ0v) is 13.7. The van der Waals surface area contributed by atoms with E-state index in [4.69, 9.17) is 20.8 Å². The molecule has 24 heavy (non-hydrogen) atoms. The van der Waals surface area contributed by atoms with E-state index in [2.05, 4.69) is 10.6 Å².